The van der Waals surface area contributed by atoms with Crippen molar-refractivity contribution in [3.05, 3.63) is 57.8 Å². The molecule has 8 nitrogen and oxygen atoms in total. The topological polar surface area (TPSA) is 109 Å². The molecule has 33 heavy (non-hydrogen) atoms. The van der Waals surface area contributed by atoms with E-state index in [2.05, 4.69) is 26.2 Å². The molecule has 0 aliphatic carbocycles. The number of aliphatic hydroxyl groups is 1. The van der Waals surface area contributed by atoms with E-state index in [1.807, 2.05) is 24.8 Å². The molecule has 0 aliphatic heterocycles. The van der Waals surface area contributed by atoms with Crippen LogP contribution in [0.3, 0.4) is 0 Å². The van der Waals surface area contributed by atoms with Crippen molar-refractivity contribution in [1.29, 1.82) is 0 Å². The van der Waals surface area contributed by atoms with Crippen LogP contribution in [0.1, 0.15) is 29.8 Å². The molecule has 180 valence electrons. The lowest BCUT2D eigenvalue weighted by Gasteiger charge is -2.20. The van der Waals surface area contributed by atoms with Gasteiger partial charge in [0.15, 0.2) is 17.5 Å². The van der Waals surface area contributed by atoms with Crippen LogP contribution in [0, 0.1) is 5.82 Å². The summed E-state index contributed by atoms with van der Waals surface area (Å²) in [6.07, 6.45) is -0.728. The lowest BCUT2D eigenvalue weighted by Crippen LogP contribution is -2.39. The molecule has 0 saturated carbocycles. The Bertz CT molecular complexity index is 969. The highest BCUT2D eigenvalue weighted by Crippen LogP contribution is 2.27. The first-order valence-electron chi connectivity index (χ1n) is 10.5. The Hall–Kier alpha value is -2.69. The molecule has 0 aliphatic rings. The first kappa shape index (κ1) is 26.6. The summed E-state index contributed by atoms with van der Waals surface area (Å²) >= 11 is 3.38. The number of benzene rings is 2. The number of para-hydroxylation sites is 1. The molecule has 2 rings (SSSR count). The highest BCUT2D eigenvalue weighted by atomic mass is 79.9. The average Bonchev–Trinajstić information content (AvgIpc) is 2.80. The number of nitrogens with zero attached hydrogens (tertiary/aromatic N) is 2. The minimum Gasteiger partial charge on any atom is -0.496 e. The Kier molecular flexibility index (Phi) is 10.6. The van der Waals surface area contributed by atoms with Crippen molar-refractivity contribution >= 4 is 27.8 Å². The molecule has 1 amide bonds. The maximum absolute atomic E-state index is 14.5. The number of aliphatic imine (C=N–C) groups is 1. The first-order valence-corrected chi connectivity index (χ1v) is 11.3. The maximum atomic E-state index is 14.5. The number of ether oxygens (including phenoxy) is 2. The van der Waals surface area contributed by atoms with Gasteiger partial charge in [-0.3, -0.25) is 15.1 Å². The zero-order chi connectivity index (χ0) is 24.4. The normalized spacial score (nSPS) is 12.5. The fraction of sp³-hybridized carbons (Fsp3) is 0.391. The van der Waals surface area contributed by atoms with Crippen molar-refractivity contribution in [2.45, 2.75) is 26.6 Å². The Morgan fingerprint density at radius 3 is 2.70 bits per heavy atom. The van der Waals surface area contributed by atoms with E-state index in [4.69, 9.17) is 15.2 Å². The number of nitrogens with one attached hydrogen (secondary N) is 1. The third-order valence-corrected chi connectivity index (χ3v) is 5.40. The van der Waals surface area contributed by atoms with E-state index in [1.54, 1.807) is 12.1 Å². The van der Waals surface area contributed by atoms with E-state index < -0.39 is 17.8 Å². The molecule has 0 radical (unpaired) electrons. The number of rotatable bonds is 11. The van der Waals surface area contributed by atoms with E-state index in [0.717, 1.165) is 17.6 Å². The van der Waals surface area contributed by atoms with Gasteiger partial charge in [-0.05, 0) is 43.4 Å². The minimum atomic E-state index is -0.728. The van der Waals surface area contributed by atoms with Crippen molar-refractivity contribution < 1.29 is 23.8 Å². The summed E-state index contributed by atoms with van der Waals surface area (Å²) in [5.41, 5.74) is 6.44. The molecule has 0 bridgehead atoms. The second-order valence-electron chi connectivity index (χ2n) is 7.18. The number of halogens is 2. The van der Waals surface area contributed by atoms with E-state index >= 15 is 0 Å². The van der Waals surface area contributed by atoms with Crippen molar-refractivity contribution in [2.75, 3.05) is 33.3 Å². The lowest BCUT2D eigenvalue weighted by atomic mass is 10.1. The van der Waals surface area contributed by atoms with E-state index in [-0.39, 0.29) is 30.4 Å². The van der Waals surface area contributed by atoms with Crippen LogP contribution < -0.4 is 20.5 Å². The van der Waals surface area contributed by atoms with Gasteiger partial charge in [0.1, 0.15) is 12.4 Å². The molecular formula is C23H30BrFN4O4. The number of guanidine groups is 1. The third kappa shape index (κ3) is 7.99. The summed E-state index contributed by atoms with van der Waals surface area (Å²) < 4.78 is 26.3. The molecule has 2 aromatic carbocycles. The molecule has 0 spiro atoms. The van der Waals surface area contributed by atoms with Crippen LogP contribution in [0.25, 0.3) is 0 Å². The summed E-state index contributed by atoms with van der Waals surface area (Å²) in [6, 6.07) is 9.38. The number of carbonyl (C=O) groups is 1. The Morgan fingerprint density at radius 2 is 2.03 bits per heavy atom. The third-order valence-electron chi connectivity index (χ3n) is 4.90. The monoisotopic (exact) mass is 524 g/mol. The zero-order valence-electron chi connectivity index (χ0n) is 19.0. The molecule has 0 saturated heterocycles. The van der Waals surface area contributed by atoms with Crippen LogP contribution in [0.5, 0.6) is 11.5 Å². The summed E-state index contributed by atoms with van der Waals surface area (Å²) in [5.74, 6) is -1.19. The standard InChI is InChI=1S/C23H30BrFN4O4/c1-4-29(5-2)13-17(30)12-27-23(26)28-22(31)18-7-6-8-19(25)21(18)33-14-15-11-16(24)9-10-20(15)32-3/h6-11,17,30H,4-5,12-14H2,1-3H3,(H3,26,27,28,31). The molecule has 0 heterocycles. The molecule has 1 atom stereocenters. The average molecular weight is 525 g/mol. The second kappa shape index (κ2) is 13.1. The number of amides is 1. The summed E-state index contributed by atoms with van der Waals surface area (Å²) in [4.78, 5) is 18.8. The highest BCUT2D eigenvalue weighted by molar-refractivity contribution is 9.10. The summed E-state index contributed by atoms with van der Waals surface area (Å²) in [7, 11) is 1.52. The van der Waals surface area contributed by atoms with E-state index in [1.165, 1.54) is 25.3 Å². The van der Waals surface area contributed by atoms with Gasteiger partial charge in [-0.1, -0.05) is 35.8 Å². The Morgan fingerprint density at radius 1 is 1.30 bits per heavy atom. The smallest absolute Gasteiger partial charge is 0.261 e. The predicted molar refractivity (Wildman–Crippen MR) is 129 cm³/mol. The summed E-state index contributed by atoms with van der Waals surface area (Å²) in [5, 5.41) is 12.5. The number of aliphatic hydroxyl groups excluding tert-OH is 1. The number of hydrogen-bond acceptors (Lipinski definition) is 6. The van der Waals surface area contributed by atoms with Crippen LogP contribution in [0.4, 0.5) is 4.39 Å². The van der Waals surface area contributed by atoms with Gasteiger partial charge in [-0.2, -0.15) is 0 Å². The molecule has 10 heteroatoms. The van der Waals surface area contributed by atoms with Crippen LogP contribution in [-0.2, 0) is 6.61 Å². The van der Waals surface area contributed by atoms with Gasteiger partial charge >= 0.3 is 0 Å². The SMILES string of the molecule is CCN(CC)CC(O)CN=C(N)NC(=O)c1cccc(F)c1OCc1cc(Br)ccc1OC. The number of nitrogens with two attached hydrogens (primary N) is 1. The van der Waals surface area contributed by atoms with Crippen LogP contribution >= 0.6 is 15.9 Å². The number of hydrogen-bond donors (Lipinski definition) is 3. The molecule has 2 aromatic rings. The van der Waals surface area contributed by atoms with Crippen molar-refractivity contribution in [3.8, 4) is 11.5 Å². The number of likely N-dealkylation sites (N-methyl/N-ethyl adjacent to an activating group) is 1. The van der Waals surface area contributed by atoms with E-state index in [9.17, 15) is 14.3 Å². The van der Waals surface area contributed by atoms with Crippen LogP contribution in [0.2, 0.25) is 0 Å². The van der Waals surface area contributed by atoms with Gasteiger partial charge in [-0.25, -0.2) is 4.39 Å². The largest absolute Gasteiger partial charge is 0.496 e. The molecular weight excluding hydrogens is 495 g/mol. The molecule has 0 aromatic heterocycles. The quantitative estimate of drug-likeness (QED) is 0.308. The van der Waals surface area contributed by atoms with Gasteiger partial charge < -0.3 is 25.2 Å². The zero-order valence-corrected chi connectivity index (χ0v) is 20.6. The minimum absolute atomic E-state index is 0.0229. The summed E-state index contributed by atoms with van der Waals surface area (Å²) in [6.45, 7) is 6.05. The fourth-order valence-electron chi connectivity index (χ4n) is 3.11. The number of methoxy groups -OCH3 is 1. The fourth-order valence-corrected chi connectivity index (χ4v) is 3.52. The van der Waals surface area contributed by atoms with Crippen LogP contribution in [0.15, 0.2) is 45.9 Å². The maximum Gasteiger partial charge on any atom is 0.261 e. The van der Waals surface area contributed by atoms with Crippen LogP contribution in [-0.4, -0.2) is 61.3 Å². The van der Waals surface area contributed by atoms with Crippen molar-refractivity contribution in [3.63, 3.8) is 0 Å². The second-order valence-corrected chi connectivity index (χ2v) is 8.10. The molecule has 4 N–H and O–H groups in total. The van der Waals surface area contributed by atoms with Crippen molar-refractivity contribution in [1.82, 2.24) is 10.2 Å². The molecule has 1 unspecified atom stereocenters. The van der Waals surface area contributed by atoms with Gasteiger partial charge in [0.25, 0.3) is 5.91 Å². The number of carbonyl (C=O) groups excluding carboxylic acids is 1. The van der Waals surface area contributed by atoms with Crippen molar-refractivity contribution in [2.24, 2.45) is 10.7 Å². The molecule has 0 fully saturated rings. The Labute approximate surface area is 201 Å². The highest BCUT2D eigenvalue weighted by Gasteiger charge is 2.18. The lowest BCUT2D eigenvalue weighted by molar-refractivity contribution is 0.0970. The van der Waals surface area contributed by atoms with Gasteiger partial charge in [-0.15, -0.1) is 0 Å². The first-order chi connectivity index (χ1) is 15.8. The Balaban J connectivity index is 2.09. The van der Waals surface area contributed by atoms with Gasteiger partial charge in [0.2, 0.25) is 0 Å². The van der Waals surface area contributed by atoms with Gasteiger partial charge in [0.05, 0.1) is 25.3 Å². The van der Waals surface area contributed by atoms with E-state index in [0.29, 0.717) is 17.9 Å². The van der Waals surface area contributed by atoms with Gasteiger partial charge in [0, 0.05) is 16.6 Å². The predicted octanol–water partition coefficient (Wildman–Crippen LogP) is 2.92.